The molecule has 232 valence electrons. The molecule has 0 saturated carbocycles. The molecule has 47 heavy (non-hydrogen) atoms. The number of hydrogen-bond donors (Lipinski definition) is 2. The Morgan fingerprint density at radius 3 is 1.38 bits per heavy atom. The number of pyridine rings is 2. The third-order valence-corrected chi connectivity index (χ3v) is 7.49. The van der Waals surface area contributed by atoms with Gasteiger partial charge in [-0.15, -0.1) is 0 Å². The summed E-state index contributed by atoms with van der Waals surface area (Å²) in [6.45, 7) is 3.51. The molecular weight excluding hydrogens is 646 g/mol. The number of aromatic amines is 2. The number of carbonyl (C=O) groups is 2. The molecular formula is C36H32N6O4Zn. The summed E-state index contributed by atoms with van der Waals surface area (Å²) in [4.78, 5) is 46.2. The second-order valence-electron chi connectivity index (χ2n) is 10.7. The molecule has 6 rings (SSSR count). The second kappa shape index (κ2) is 16.3. The number of aliphatic imine (C=N–C) groups is 2. The van der Waals surface area contributed by atoms with Gasteiger partial charge in [0.25, 0.3) is 0 Å². The summed E-state index contributed by atoms with van der Waals surface area (Å²) in [7, 11) is 0. The van der Waals surface area contributed by atoms with E-state index in [4.69, 9.17) is 0 Å². The molecule has 0 unspecified atom stereocenters. The van der Waals surface area contributed by atoms with Crippen molar-refractivity contribution in [3.63, 3.8) is 0 Å². The Kier molecular flexibility index (Phi) is 12.0. The van der Waals surface area contributed by atoms with Gasteiger partial charge in [-0.25, -0.2) is 0 Å². The molecule has 6 aromatic rings. The fraction of sp³-hybridized carbons (Fsp3) is 0.167. The van der Waals surface area contributed by atoms with E-state index in [-0.39, 0.29) is 32.3 Å². The van der Waals surface area contributed by atoms with E-state index in [1.807, 2.05) is 73.1 Å². The van der Waals surface area contributed by atoms with Gasteiger partial charge in [0, 0.05) is 59.4 Å². The zero-order valence-corrected chi connectivity index (χ0v) is 29.1. The summed E-state index contributed by atoms with van der Waals surface area (Å²) >= 11 is 0. The minimum Gasteiger partial charge on any atom is -0.548 e. The number of carbonyl (C=O) groups excluding carboxylic acids is 2. The van der Waals surface area contributed by atoms with Gasteiger partial charge in [0.2, 0.25) is 0 Å². The maximum atomic E-state index is 11.5. The van der Waals surface area contributed by atoms with Crippen molar-refractivity contribution in [3.05, 3.63) is 132 Å². The molecule has 4 aromatic heterocycles. The molecule has 10 nitrogen and oxygen atoms in total. The zero-order valence-electron chi connectivity index (χ0n) is 26.1. The first kappa shape index (κ1) is 34.6. The van der Waals surface area contributed by atoms with E-state index in [2.05, 4.69) is 29.9 Å². The van der Waals surface area contributed by atoms with Crippen molar-refractivity contribution in [2.75, 3.05) is 0 Å². The first-order chi connectivity index (χ1) is 22.3. The largest absolute Gasteiger partial charge is 2.00 e. The van der Waals surface area contributed by atoms with Gasteiger partial charge in [-0.3, -0.25) is 20.0 Å². The van der Waals surface area contributed by atoms with Gasteiger partial charge in [0.05, 0.1) is 46.8 Å². The van der Waals surface area contributed by atoms with Gasteiger partial charge < -0.3 is 29.8 Å². The third kappa shape index (κ3) is 8.92. The quantitative estimate of drug-likeness (QED) is 0.167. The van der Waals surface area contributed by atoms with E-state index >= 15 is 0 Å². The van der Waals surface area contributed by atoms with Gasteiger partial charge >= 0.3 is 19.5 Å². The zero-order chi connectivity index (χ0) is 32.5. The number of aromatic nitrogens is 4. The topological polar surface area (TPSA) is 162 Å². The molecule has 2 N–H and O–H groups in total. The van der Waals surface area contributed by atoms with Crippen molar-refractivity contribution < 1.29 is 39.3 Å². The normalized spacial score (nSPS) is 12.9. The first-order valence-electron chi connectivity index (χ1n) is 14.7. The molecule has 0 aliphatic carbocycles. The average Bonchev–Trinajstić information content (AvgIpc) is 3.69. The smallest absolute Gasteiger partial charge is 0.548 e. The summed E-state index contributed by atoms with van der Waals surface area (Å²) in [6.07, 6.45) is 7.51. The van der Waals surface area contributed by atoms with Crippen molar-refractivity contribution in [1.82, 2.24) is 19.9 Å². The van der Waals surface area contributed by atoms with Gasteiger partial charge in [-0.2, -0.15) is 0 Å². The van der Waals surface area contributed by atoms with E-state index in [1.54, 1.807) is 50.5 Å². The molecule has 0 amide bonds. The number of hydrogen-bond acceptors (Lipinski definition) is 8. The Morgan fingerprint density at radius 2 is 1.02 bits per heavy atom. The number of nitrogens with zero attached hydrogens (tertiary/aromatic N) is 4. The Bertz CT molecular complexity index is 1860. The van der Waals surface area contributed by atoms with Gasteiger partial charge in [-0.1, -0.05) is 48.5 Å². The standard InChI is InChI=1S/2C18H17N3O2.Zn/c2*1-12(15-7-4-5-9-19-15)21-17(18(22)23)10-13-11-20-16-8-3-2-6-14(13)16;/h2*2-9,11,17,20H,10H2,1H3,(H,22,23);/q;;+2/p-2/t2*17-;/m00./s1. The van der Waals surface area contributed by atoms with Crippen LogP contribution in [0, 0.1) is 0 Å². The van der Waals surface area contributed by atoms with Crippen LogP contribution in [0.4, 0.5) is 0 Å². The van der Waals surface area contributed by atoms with Crippen LogP contribution in [0.15, 0.2) is 120 Å². The van der Waals surface area contributed by atoms with Gasteiger partial charge in [0.15, 0.2) is 0 Å². The number of benzene rings is 2. The summed E-state index contributed by atoms with van der Waals surface area (Å²) < 4.78 is 0. The molecule has 2 atom stereocenters. The molecule has 0 spiro atoms. The van der Waals surface area contributed by atoms with Crippen LogP contribution in [-0.2, 0) is 41.9 Å². The SMILES string of the molecule is CC(=N[C@@H](Cc1c[nH]c2ccccc12)C(=O)[O-])c1ccccn1.CC(=N[C@@H](Cc1c[nH]c2ccccc12)C(=O)[O-])c1ccccn1.[Zn+2]. The van der Waals surface area contributed by atoms with Crippen LogP contribution in [0.5, 0.6) is 0 Å². The van der Waals surface area contributed by atoms with E-state index < -0.39 is 24.0 Å². The molecule has 0 aliphatic heterocycles. The van der Waals surface area contributed by atoms with Crippen molar-refractivity contribution in [3.8, 4) is 0 Å². The van der Waals surface area contributed by atoms with Crippen LogP contribution in [0.3, 0.4) is 0 Å². The maximum Gasteiger partial charge on any atom is 2.00 e. The fourth-order valence-electron chi connectivity index (χ4n) is 5.13. The summed E-state index contributed by atoms with van der Waals surface area (Å²) in [6, 6.07) is 24.6. The average molecular weight is 678 g/mol. The van der Waals surface area contributed by atoms with Crippen molar-refractivity contribution >= 4 is 45.2 Å². The van der Waals surface area contributed by atoms with E-state index in [9.17, 15) is 19.8 Å². The predicted molar refractivity (Wildman–Crippen MR) is 174 cm³/mol. The number of nitrogens with one attached hydrogen (secondary N) is 2. The van der Waals surface area contributed by atoms with E-state index in [1.165, 1.54) is 0 Å². The van der Waals surface area contributed by atoms with E-state index in [0.29, 0.717) is 22.8 Å². The summed E-state index contributed by atoms with van der Waals surface area (Å²) in [5.41, 5.74) is 6.27. The van der Waals surface area contributed by atoms with Crippen LogP contribution < -0.4 is 10.2 Å². The predicted octanol–water partition coefficient (Wildman–Crippen LogP) is 3.46. The fourth-order valence-corrected chi connectivity index (χ4v) is 5.13. The van der Waals surface area contributed by atoms with Crippen LogP contribution in [0.1, 0.15) is 36.4 Å². The number of carboxylic acid groups (broad SMARTS) is 2. The number of rotatable bonds is 10. The van der Waals surface area contributed by atoms with Crippen LogP contribution >= 0.6 is 0 Å². The molecule has 0 saturated heterocycles. The van der Waals surface area contributed by atoms with E-state index in [0.717, 1.165) is 32.9 Å². The molecule has 0 radical (unpaired) electrons. The Hall–Kier alpha value is -5.28. The monoisotopic (exact) mass is 676 g/mol. The Labute approximate surface area is 284 Å². The number of carboxylic acids is 2. The van der Waals surface area contributed by atoms with Crippen LogP contribution in [-0.4, -0.2) is 55.4 Å². The van der Waals surface area contributed by atoms with Crippen molar-refractivity contribution in [2.24, 2.45) is 9.98 Å². The number of para-hydroxylation sites is 2. The molecule has 0 aliphatic rings. The minimum atomic E-state index is -1.19. The Balaban J connectivity index is 0.000000208. The maximum absolute atomic E-state index is 11.5. The summed E-state index contributed by atoms with van der Waals surface area (Å²) in [5, 5.41) is 25.0. The number of H-pyrrole nitrogens is 2. The summed E-state index contributed by atoms with van der Waals surface area (Å²) in [5.74, 6) is -2.38. The van der Waals surface area contributed by atoms with Gasteiger partial charge in [-0.05, 0) is 61.4 Å². The van der Waals surface area contributed by atoms with Crippen LogP contribution in [0.2, 0.25) is 0 Å². The molecule has 2 aromatic carbocycles. The third-order valence-electron chi connectivity index (χ3n) is 7.49. The van der Waals surface area contributed by atoms with Crippen molar-refractivity contribution in [2.45, 2.75) is 38.8 Å². The first-order valence-corrected chi connectivity index (χ1v) is 14.7. The van der Waals surface area contributed by atoms with Crippen molar-refractivity contribution in [1.29, 1.82) is 0 Å². The Morgan fingerprint density at radius 1 is 0.638 bits per heavy atom. The van der Waals surface area contributed by atoms with Gasteiger partial charge in [0.1, 0.15) is 0 Å². The minimum absolute atomic E-state index is 0. The number of fused-ring (bicyclic) bond motifs is 2. The molecule has 11 heteroatoms. The second-order valence-corrected chi connectivity index (χ2v) is 10.7. The molecule has 4 heterocycles. The van der Waals surface area contributed by atoms with Crippen LogP contribution in [0.25, 0.3) is 21.8 Å². The molecule has 0 bridgehead atoms. The number of aliphatic carboxylic acids is 2. The molecule has 0 fully saturated rings.